The number of carboxylic acid groups (broad SMARTS) is 1. The summed E-state index contributed by atoms with van der Waals surface area (Å²) in [5, 5.41) is 22.2. The molecule has 1 rings (SSSR count). The Balaban J connectivity index is 2.58. The molecule has 7 nitrogen and oxygen atoms in total. The molecular formula is C14H22N4O3. The van der Waals surface area contributed by atoms with Gasteiger partial charge in [0.2, 0.25) is 0 Å². The minimum atomic E-state index is -0.802. The molecule has 0 aliphatic carbocycles. The number of hydrogen-bond donors (Lipinski definition) is 3. The molecule has 0 saturated heterocycles. The summed E-state index contributed by atoms with van der Waals surface area (Å²) < 4.78 is 0. The van der Waals surface area contributed by atoms with Crippen molar-refractivity contribution < 1.29 is 14.7 Å². The molecule has 1 unspecified atom stereocenters. The van der Waals surface area contributed by atoms with Crippen LogP contribution in [0.4, 0.5) is 5.82 Å². The van der Waals surface area contributed by atoms with Crippen molar-refractivity contribution in [1.82, 2.24) is 15.5 Å². The van der Waals surface area contributed by atoms with E-state index in [1.165, 1.54) is 7.05 Å². The fraction of sp³-hybridized carbons (Fsp3) is 0.571. The molecule has 0 aromatic carbocycles. The Labute approximate surface area is 124 Å². The highest BCUT2D eigenvalue weighted by atomic mass is 16.4. The van der Waals surface area contributed by atoms with Crippen LogP contribution in [-0.2, 0) is 4.79 Å². The van der Waals surface area contributed by atoms with Crippen LogP contribution >= 0.6 is 0 Å². The maximum atomic E-state index is 11.3. The number of aliphatic carboxylic acids is 1. The predicted octanol–water partition coefficient (Wildman–Crippen LogP) is 1.39. The Hall–Kier alpha value is -2.18. The largest absolute Gasteiger partial charge is 0.481 e. The lowest BCUT2D eigenvalue weighted by molar-refractivity contribution is -0.138. The van der Waals surface area contributed by atoms with Gasteiger partial charge in [-0.3, -0.25) is 9.59 Å². The fourth-order valence-corrected chi connectivity index (χ4v) is 2.08. The maximum absolute atomic E-state index is 11.3. The van der Waals surface area contributed by atoms with Crippen molar-refractivity contribution in [2.24, 2.45) is 11.8 Å². The van der Waals surface area contributed by atoms with Gasteiger partial charge in [-0.05, 0) is 30.4 Å². The van der Waals surface area contributed by atoms with E-state index in [1.807, 2.05) is 0 Å². The van der Waals surface area contributed by atoms with Crippen molar-refractivity contribution in [3.8, 4) is 0 Å². The first-order valence-electron chi connectivity index (χ1n) is 6.93. The minimum absolute atomic E-state index is 0.0305. The number of carboxylic acids is 1. The number of carbonyl (C=O) groups excluding carboxylic acids is 1. The highest BCUT2D eigenvalue weighted by Gasteiger charge is 2.15. The zero-order chi connectivity index (χ0) is 15.8. The molecule has 0 spiro atoms. The predicted molar refractivity (Wildman–Crippen MR) is 79.1 cm³/mol. The number of rotatable bonds is 8. The Morgan fingerprint density at radius 1 is 1.29 bits per heavy atom. The van der Waals surface area contributed by atoms with Gasteiger partial charge in [-0.2, -0.15) is 0 Å². The molecule has 1 atom stereocenters. The van der Waals surface area contributed by atoms with E-state index in [9.17, 15) is 9.59 Å². The second-order valence-corrected chi connectivity index (χ2v) is 5.36. The molecule has 1 amide bonds. The van der Waals surface area contributed by atoms with Gasteiger partial charge in [-0.25, -0.2) is 0 Å². The molecule has 0 fully saturated rings. The van der Waals surface area contributed by atoms with Gasteiger partial charge >= 0.3 is 5.97 Å². The van der Waals surface area contributed by atoms with Crippen molar-refractivity contribution >= 4 is 17.7 Å². The zero-order valence-corrected chi connectivity index (χ0v) is 12.6. The van der Waals surface area contributed by atoms with Crippen molar-refractivity contribution in [3.63, 3.8) is 0 Å². The van der Waals surface area contributed by atoms with Gasteiger partial charge in [0.15, 0.2) is 5.69 Å². The summed E-state index contributed by atoms with van der Waals surface area (Å²) in [4.78, 5) is 22.2. The van der Waals surface area contributed by atoms with Crippen LogP contribution in [0.3, 0.4) is 0 Å². The topological polar surface area (TPSA) is 104 Å². The third-order valence-electron chi connectivity index (χ3n) is 2.96. The summed E-state index contributed by atoms with van der Waals surface area (Å²) in [5.74, 6) is -0.108. The summed E-state index contributed by atoms with van der Waals surface area (Å²) in [6.45, 7) is 4.64. The molecule has 116 valence electrons. The number of nitrogens with zero attached hydrogens (tertiary/aromatic N) is 2. The van der Waals surface area contributed by atoms with E-state index in [1.54, 1.807) is 12.1 Å². The van der Waals surface area contributed by atoms with Crippen LogP contribution in [0.5, 0.6) is 0 Å². The summed E-state index contributed by atoms with van der Waals surface area (Å²) in [6, 6.07) is 3.23. The highest BCUT2D eigenvalue weighted by molar-refractivity contribution is 5.91. The van der Waals surface area contributed by atoms with Gasteiger partial charge in [0.1, 0.15) is 5.82 Å². The number of carbonyl (C=O) groups is 2. The lowest BCUT2D eigenvalue weighted by atomic mass is 9.94. The number of amides is 1. The van der Waals surface area contributed by atoms with Crippen LogP contribution in [0.1, 0.15) is 37.2 Å². The first kappa shape index (κ1) is 16.9. The Morgan fingerprint density at radius 2 is 2.00 bits per heavy atom. The Bertz CT molecular complexity index is 474. The Kier molecular flexibility index (Phi) is 6.58. The van der Waals surface area contributed by atoms with Crippen molar-refractivity contribution in [1.29, 1.82) is 0 Å². The van der Waals surface area contributed by atoms with Crippen molar-refractivity contribution in [3.05, 3.63) is 17.8 Å². The summed E-state index contributed by atoms with van der Waals surface area (Å²) >= 11 is 0. The number of anilines is 1. The van der Waals surface area contributed by atoms with Gasteiger partial charge in [-0.1, -0.05) is 13.8 Å². The fourth-order valence-electron chi connectivity index (χ4n) is 2.08. The average Bonchev–Trinajstić information content (AvgIpc) is 2.43. The van der Waals surface area contributed by atoms with E-state index in [0.717, 1.165) is 6.42 Å². The molecule has 0 bridgehead atoms. The molecule has 0 aliphatic heterocycles. The summed E-state index contributed by atoms with van der Waals surface area (Å²) in [7, 11) is 1.53. The Morgan fingerprint density at radius 3 is 2.48 bits per heavy atom. The molecule has 0 radical (unpaired) electrons. The molecule has 1 aromatic rings. The van der Waals surface area contributed by atoms with E-state index in [-0.39, 0.29) is 23.9 Å². The summed E-state index contributed by atoms with van der Waals surface area (Å²) in [5.41, 5.74) is 0.243. The maximum Gasteiger partial charge on any atom is 0.303 e. The monoisotopic (exact) mass is 294 g/mol. The minimum Gasteiger partial charge on any atom is -0.481 e. The lowest BCUT2D eigenvalue weighted by Gasteiger charge is -2.17. The third kappa shape index (κ3) is 6.20. The van der Waals surface area contributed by atoms with E-state index < -0.39 is 5.97 Å². The van der Waals surface area contributed by atoms with Crippen LogP contribution in [0.25, 0.3) is 0 Å². The van der Waals surface area contributed by atoms with Crippen LogP contribution in [0.2, 0.25) is 0 Å². The SMILES string of the molecule is CNC(=O)c1ccc(NCC(CC(=O)O)CC(C)C)nn1. The van der Waals surface area contributed by atoms with Crippen LogP contribution in [0, 0.1) is 11.8 Å². The van der Waals surface area contributed by atoms with Gasteiger partial charge in [0.25, 0.3) is 5.91 Å². The van der Waals surface area contributed by atoms with E-state index >= 15 is 0 Å². The highest BCUT2D eigenvalue weighted by Crippen LogP contribution is 2.16. The average molecular weight is 294 g/mol. The van der Waals surface area contributed by atoms with E-state index in [0.29, 0.717) is 18.3 Å². The third-order valence-corrected chi connectivity index (χ3v) is 2.96. The molecule has 0 aliphatic rings. The van der Waals surface area contributed by atoms with Crippen molar-refractivity contribution in [2.75, 3.05) is 18.9 Å². The van der Waals surface area contributed by atoms with E-state index in [2.05, 4.69) is 34.7 Å². The molecule has 1 aromatic heterocycles. The van der Waals surface area contributed by atoms with Gasteiger partial charge in [0, 0.05) is 20.0 Å². The molecule has 3 N–H and O–H groups in total. The lowest BCUT2D eigenvalue weighted by Crippen LogP contribution is -2.21. The molecule has 21 heavy (non-hydrogen) atoms. The van der Waals surface area contributed by atoms with E-state index in [4.69, 9.17) is 5.11 Å². The van der Waals surface area contributed by atoms with Gasteiger partial charge < -0.3 is 15.7 Å². The van der Waals surface area contributed by atoms with Crippen LogP contribution < -0.4 is 10.6 Å². The van der Waals surface area contributed by atoms with Crippen molar-refractivity contribution in [2.45, 2.75) is 26.7 Å². The van der Waals surface area contributed by atoms with Crippen LogP contribution in [0.15, 0.2) is 12.1 Å². The quantitative estimate of drug-likeness (QED) is 0.669. The molecule has 0 saturated carbocycles. The first-order valence-corrected chi connectivity index (χ1v) is 6.93. The van der Waals surface area contributed by atoms with Crippen LogP contribution in [-0.4, -0.2) is 40.8 Å². The normalized spacial score (nSPS) is 12.0. The molecular weight excluding hydrogens is 272 g/mol. The zero-order valence-electron chi connectivity index (χ0n) is 12.6. The number of aromatic nitrogens is 2. The second-order valence-electron chi connectivity index (χ2n) is 5.36. The standard InChI is InChI=1S/C14H22N4O3/c1-9(2)6-10(7-13(19)20)8-16-12-5-4-11(17-18-12)14(21)15-3/h4-5,9-10H,6-8H2,1-3H3,(H,15,21)(H,16,18)(H,19,20). The summed E-state index contributed by atoms with van der Waals surface area (Å²) in [6.07, 6.45) is 0.942. The number of nitrogens with one attached hydrogen (secondary N) is 2. The van der Waals surface area contributed by atoms with Gasteiger partial charge in [-0.15, -0.1) is 10.2 Å². The smallest absolute Gasteiger partial charge is 0.303 e. The molecule has 7 heteroatoms. The van der Waals surface area contributed by atoms with Gasteiger partial charge in [0.05, 0.1) is 0 Å². The molecule has 1 heterocycles. The first-order chi connectivity index (χ1) is 9.92. The second kappa shape index (κ2) is 8.18. The number of hydrogen-bond acceptors (Lipinski definition) is 5.